The van der Waals surface area contributed by atoms with Gasteiger partial charge in [0.25, 0.3) is 0 Å². The number of benzene rings is 1. The van der Waals surface area contributed by atoms with Gasteiger partial charge in [-0.1, -0.05) is 36.7 Å². The summed E-state index contributed by atoms with van der Waals surface area (Å²) < 4.78 is 0. The van der Waals surface area contributed by atoms with Crippen molar-refractivity contribution in [3.63, 3.8) is 0 Å². The molecule has 6 heteroatoms. The van der Waals surface area contributed by atoms with E-state index in [1.54, 1.807) is 6.07 Å². The van der Waals surface area contributed by atoms with E-state index in [-0.39, 0.29) is 5.69 Å². The summed E-state index contributed by atoms with van der Waals surface area (Å²) in [5.41, 5.74) is 0.841. The third-order valence-corrected chi connectivity index (χ3v) is 3.22. The Kier molecular flexibility index (Phi) is 5.11. The van der Waals surface area contributed by atoms with E-state index in [1.807, 2.05) is 25.1 Å². The molecular weight excluding hydrogens is 290 g/mol. The van der Waals surface area contributed by atoms with Gasteiger partial charge in [0.1, 0.15) is 11.6 Å². The summed E-state index contributed by atoms with van der Waals surface area (Å²) in [6.45, 7) is 2.75. The van der Waals surface area contributed by atoms with Crippen LogP contribution >= 0.6 is 11.6 Å². The molecule has 0 aliphatic rings. The quantitative estimate of drug-likeness (QED) is 0.857. The number of carbonyl (C=O) groups is 1. The summed E-state index contributed by atoms with van der Waals surface area (Å²) in [7, 11) is 0. The Hall–Kier alpha value is -2.14. The first-order valence-corrected chi connectivity index (χ1v) is 7.06. The summed E-state index contributed by atoms with van der Waals surface area (Å²) in [4.78, 5) is 19.6. The van der Waals surface area contributed by atoms with Gasteiger partial charge in [-0.15, -0.1) is 0 Å². The smallest absolute Gasteiger partial charge is 0.354 e. The second kappa shape index (κ2) is 7.04. The van der Waals surface area contributed by atoms with Crippen molar-refractivity contribution in [2.75, 3.05) is 11.9 Å². The Balaban J connectivity index is 2.31. The third kappa shape index (κ3) is 4.16. The fourth-order valence-corrected chi connectivity index (χ4v) is 2.04. The zero-order chi connectivity index (χ0) is 15.2. The number of carboxylic acids is 1. The van der Waals surface area contributed by atoms with Crippen LogP contribution in [0.25, 0.3) is 0 Å². The average molecular weight is 306 g/mol. The lowest BCUT2D eigenvalue weighted by molar-refractivity contribution is 0.0690. The number of nitrogens with zero attached hydrogens (tertiary/aromatic N) is 2. The van der Waals surface area contributed by atoms with E-state index in [0.29, 0.717) is 23.1 Å². The number of anilines is 1. The minimum Gasteiger partial charge on any atom is -0.477 e. The molecule has 0 unspecified atom stereocenters. The second-order valence-electron chi connectivity index (χ2n) is 4.55. The molecule has 1 heterocycles. The van der Waals surface area contributed by atoms with Gasteiger partial charge in [0.15, 0.2) is 5.69 Å². The standard InChI is InChI=1S/C15H16ClN3O2/c1-2-7-17-13-9-12(15(20)21)18-14(19-13)8-10-5-3-4-6-11(10)16/h3-6,9H,2,7-8H2,1H3,(H,20,21)(H,17,18,19). The summed E-state index contributed by atoms with van der Waals surface area (Å²) in [6.07, 6.45) is 1.31. The second-order valence-corrected chi connectivity index (χ2v) is 4.96. The average Bonchev–Trinajstić information content (AvgIpc) is 2.47. The first-order chi connectivity index (χ1) is 10.1. The van der Waals surface area contributed by atoms with Crippen molar-refractivity contribution in [2.24, 2.45) is 0 Å². The van der Waals surface area contributed by atoms with Crippen LogP contribution in [0.2, 0.25) is 5.02 Å². The number of nitrogens with one attached hydrogen (secondary N) is 1. The van der Waals surface area contributed by atoms with Gasteiger partial charge in [-0.3, -0.25) is 0 Å². The van der Waals surface area contributed by atoms with Crippen molar-refractivity contribution < 1.29 is 9.90 Å². The molecule has 0 aliphatic heterocycles. The van der Waals surface area contributed by atoms with Crippen molar-refractivity contribution in [1.29, 1.82) is 0 Å². The van der Waals surface area contributed by atoms with E-state index in [2.05, 4.69) is 15.3 Å². The number of rotatable bonds is 6. The number of halogens is 1. The normalized spacial score (nSPS) is 10.4. The van der Waals surface area contributed by atoms with Crippen molar-refractivity contribution in [3.05, 3.63) is 52.4 Å². The molecule has 0 bridgehead atoms. The minimum absolute atomic E-state index is 0.0225. The molecule has 0 saturated carbocycles. The molecular formula is C15H16ClN3O2. The first kappa shape index (κ1) is 15.3. The van der Waals surface area contributed by atoms with E-state index in [1.165, 1.54) is 6.07 Å². The highest BCUT2D eigenvalue weighted by molar-refractivity contribution is 6.31. The molecule has 0 saturated heterocycles. The van der Waals surface area contributed by atoms with Crippen LogP contribution in [0, 0.1) is 0 Å². The van der Waals surface area contributed by atoms with Gasteiger partial charge in [-0.05, 0) is 18.1 Å². The molecule has 0 atom stereocenters. The third-order valence-electron chi connectivity index (χ3n) is 2.85. The predicted octanol–water partition coefficient (Wildman–Crippen LogP) is 3.24. The van der Waals surface area contributed by atoms with E-state index >= 15 is 0 Å². The fraction of sp³-hybridized carbons (Fsp3) is 0.267. The van der Waals surface area contributed by atoms with Crippen LogP contribution in [0.3, 0.4) is 0 Å². The summed E-state index contributed by atoms with van der Waals surface area (Å²) in [5.74, 6) is -0.120. The monoisotopic (exact) mass is 305 g/mol. The Morgan fingerprint density at radius 1 is 1.33 bits per heavy atom. The molecule has 0 spiro atoms. The highest BCUT2D eigenvalue weighted by atomic mass is 35.5. The van der Waals surface area contributed by atoms with Crippen LogP contribution in [0.5, 0.6) is 0 Å². The molecule has 0 fully saturated rings. The Morgan fingerprint density at radius 2 is 2.10 bits per heavy atom. The number of aromatic nitrogens is 2. The maximum atomic E-state index is 11.2. The van der Waals surface area contributed by atoms with E-state index in [0.717, 1.165) is 18.5 Å². The molecule has 5 nitrogen and oxygen atoms in total. The summed E-state index contributed by atoms with van der Waals surface area (Å²) >= 11 is 6.11. The number of hydrogen-bond acceptors (Lipinski definition) is 4. The maximum absolute atomic E-state index is 11.2. The number of hydrogen-bond donors (Lipinski definition) is 2. The van der Waals surface area contributed by atoms with Crippen LogP contribution in [-0.2, 0) is 6.42 Å². The Bertz CT molecular complexity index is 647. The lowest BCUT2D eigenvalue weighted by Gasteiger charge is -2.08. The van der Waals surface area contributed by atoms with Crippen LogP contribution in [-0.4, -0.2) is 27.6 Å². The molecule has 1 aromatic heterocycles. The van der Waals surface area contributed by atoms with Crippen LogP contribution < -0.4 is 5.32 Å². The van der Waals surface area contributed by atoms with Gasteiger partial charge in [-0.2, -0.15) is 0 Å². The van der Waals surface area contributed by atoms with Gasteiger partial charge in [0.2, 0.25) is 0 Å². The predicted molar refractivity (Wildman–Crippen MR) is 82.0 cm³/mol. The van der Waals surface area contributed by atoms with Gasteiger partial charge in [0.05, 0.1) is 0 Å². The number of aromatic carboxylic acids is 1. The largest absolute Gasteiger partial charge is 0.477 e. The van der Waals surface area contributed by atoms with Crippen LogP contribution in [0.15, 0.2) is 30.3 Å². The maximum Gasteiger partial charge on any atom is 0.354 e. The Morgan fingerprint density at radius 3 is 2.76 bits per heavy atom. The minimum atomic E-state index is -1.07. The molecule has 2 aromatic rings. The van der Waals surface area contributed by atoms with Gasteiger partial charge < -0.3 is 10.4 Å². The van der Waals surface area contributed by atoms with Crippen LogP contribution in [0.4, 0.5) is 5.82 Å². The molecule has 110 valence electrons. The molecule has 0 aliphatic carbocycles. The van der Waals surface area contributed by atoms with Crippen molar-refractivity contribution in [1.82, 2.24) is 9.97 Å². The highest BCUT2D eigenvalue weighted by Gasteiger charge is 2.11. The Labute approximate surface area is 128 Å². The van der Waals surface area contributed by atoms with Crippen molar-refractivity contribution in [3.8, 4) is 0 Å². The van der Waals surface area contributed by atoms with Gasteiger partial charge in [0, 0.05) is 24.1 Å². The van der Waals surface area contributed by atoms with E-state index in [9.17, 15) is 4.79 Å². The molecule has 0 amide bonds. The summed E-state index contributed by atoms with van der Waals surface area (Å²) in [5, 5.41) is 12.8. The lowest BCUT2D eigenvalue weighted by Crippen LogP contribution is -2.10. The number of carboxylic acid groups (broad SMARTS) is 1. The highest BCUT2D eigenvalue weighted by Crippen LogP contribution is 2.18. The molecule has 2 rings (SSSR count). The van der Waals surface area contributed by atoms with Crippen molar-refractivity contribution >= 4 is 23.4 Å². The van der Waals surface area contributed by atoms with Gasteiger partial charge in [-0.25, -0.2) is 14.8 Å². The molecule has 1 aromatic carbocycles. The fourth-order valence-electron chi connectivity index (χ4n) is 1.84. The summed E-state index contributed by atoms with van der Waals surface area (Å²) in [6, 6.07) is 8.81. The van der Waals surface area contributed by atoms with E-state index < -0.39 is 5.97 Å². The molecule has 21 heavy (non-hydrogen) atoms. The zero-order valence-electron chi connectivity index (χ0n) is 11.6. The van der Waals surface area contributed by atoms with Gasteiger partial charge >= 0.3 is 5.97 Å². The molecule has 2 N–H and O–H groups in total. The SMILES string of the molecule is CCCNc1cc(C(=O)O)nc(Cc2ccccc2Cl)n1. The van der Waals surface area contributed by atoms with E-state index in [4.69, 9.17) is 16.7 Å². The zero-order valence-corrected chi connectivity index (χ0v) is 12.4. The lowest BCUT2D eigenvalue weighted by atomic mass is 10.1. The van der Waals surface area contributed by atoms with Crippen molar-refractivity contribution in [2.45, 2.75) is 19.8 Å². The van der Waals surface area contributed by atoms with Crippen LogP contribution in [0.1, 0.15) is 35.2 Å². The first-order valence-electron chi connectivity index (χ1n) is 6.68. The topological polar surface area (TPSA) is 75.1 Å². The molecule has 0 radical (unpaired) electrons.